The van der Waals surface area contributed by atoms with Crippen LogP contribution in [0.25, 0.3) is 0 Å². The third kappa shape index (κ3) is 15.4. The summed E-state index contributed by atoms with van der Waals surface area (Å²) in [5.41, 5.74) is -2.90. The summed E-state index contributed by atoms with van der Waals surface area (Å²) in [6, 6.07) is 0. The van der Waals surface area contributed by atoms with Gasteiger partial charge in [-0.25, -0.2) is 0 Å². The van der Waals surface area contributed by atoms with E-state index in [-0.39, 0.29) is 57.0 Å². The second-order valence-corrected chi connectivity index (χ2v) is 16.0. The van der Waals surface area contributed by atoms with E-state index >= 15 is 0 Å². The Hall–Kier alpha value is -2.01. The third-order valence-corrected chi connectivity index (χ3v) is 11.0. The van der Waals surface area contributed by atoms with E-state index in [9.17, 15) is 14.7 Å². The minimum absolute atomic E-state index is 0. The SMILES string of the molecule is CC(C)(C)C(=O)OC[C@]12C#C[C@]3(O[Si](C)(C)C(C)(C)C)C=CC(=O)[C@@H]3[C@@H](O)[CH][CH][C@H]1O2.[C-]#[O+].[C-]#[O+].[C-]#[O+].[C-]#[O+].[C-]#[O+].[C-]#[O+].[Co].[Co]. The Morgan fingerprint density at radius 2 is 1.36 bits per heavy atom. The molecule has 0 unspecified atom stereocenters. The molecule has 0 spiro atoms. The van der Waals surface area contributed by atoms with E-state index in [1.807, 2.05) is 0 Å². The van der Waals surface area contributed by atoms with E-state index in [1.165, 1.54) is 6.08 Å². The number of ether oxygens (including phenoxy) is 2. The predicted octanol–water partition coefficient (Wildman–Crippen LogP) is 2.79. The minimum atomic E-state index is -2.36. The molecule has 5 atom stereocenters. The van der Waals surface area contributed by atoms with Crippen molar-refractivity contribution in [3.05, 3.63) is 64.9 Å². The number of aliphatic hydroxyl groups is 1. The van der Waals surface area contributed by atoms with Crippen LogP contribution >= 0.6 is 0 Å². The van der Waals surface area contributed by atoms with Crippen molar-refractivity contribution in [2.75, 3.05) is 6.61 Å². The summed E-state index contributed by atoms with van der Waals surface area (Å²) >= 11 is 0. The number of aliphatic hydroxyl groups excluding tert-OH is 1. The number of hydrogen-bond acceptors (Lipinski definition) is 6. The van der Waals surface area contributed by atoms with Gasteiger partial charge in [0.15, 0.2) is 19.7 Å². The Balaban J connectivity index is -0.000000243. The van der Waals surface area contributed by atoms with E-state index < -0.39 is 43.1 Å². The van der Waals surface area contributed by atoms with Crippen LogP contribution in [0, 0.1) is 75.9 Å². The fourth-order valence-corrected chi connectivity index (χ4v) is 4.82. The van der Waals surface area contributed by atoms with Gasteiger partial charge in [-0.1, -0.05) is 32.6 Å². The van der Waals surface area contributed by atoms with Crippen molar-refractivity contribution in [2.45, 2.75) is 83.1 Å². The van der Waals surface area contributed by atoms with Crippen LogP contribution in [0.1, 0.15) is 41.5 Å². The van der Waals surface area contributed by atoms with Gasteiger partial charge in [0.05, 0.1) is 17.4 Å². The van der Waals surface area contributed by atoms with Crippen molar-refractivity contribution < 1.29 is 90.1 Å². The van der Waals surface area contributed by atoms with Gasteiger partial charge in [-0.05, 0) is 57.5 Å². The smallest absolute Gasteiger partial charge is 0 e. The third-order valence-electron chi connectivity index (χ3n) is 6.56. The van der Waals surface area contributed by atoms with Crippen LogP contribution < -0.4 is 0 Å². The van der Waals surface area contributed by atoms with Crippen LogP contribution in [0.5, 0.6) is 0 Å². The molecule has 45 heavy (non-hydrogen) atoms. The fourth-order valence-electron chi connectivity index (χ4n) is 3.42. The summed E-state index contributed by atoms with van der Waals surface area (Å²) in [5, 5.41) is 10.7. The van der Waals surface area contributed by atoms with Gasteiger partial charge in [0.2, 0.25) is 0 Å². The molecule has 248 valence electrons. The molecule has 12 nitrogen and oxygen atoms in total. The topological polar surface area (TPSA) is 205 Å². The fraction of sp³-hybridized carbons (Fsp3) is 0.533. The number of ketones is 1. The maximum absolute atomic E-state index is 12.7. The Morgan fingerprint density at radius 3 is 1.76 bits per heavy atom. The van der Waals surface area contributed by atoms with Gasteiger partial charge < -0.3 is 19.0 Å². The van der Waals surface area contributed by atoms with E-state index in [0.29, 0.717) is 0 Å². The molecular formula is C30H34Co2O12Si. The molecular weight excluding hydrogens is 698 g/mol. The molecule has 2 aliphatic carbocycles. The molecule has 0 bridgehead atoms. The van der Waals surface area contributed by atoms with Crippen LogP contribution in [-0.2, 0) is 85.0 Å². The Kier molecular flexibility index (Phi) is 30.9. The maximum Gasteiger partial charge on any atom is 0 e. The zero-order valence-corrected chi connectivity index (χ0v) is 28.9. The van der Waals surface area contributed by atoms with E-state index in [4.69, 9.17) is 41.8 Å². The first-order valence-electron chi connectivity index (χ1n) is 11.9. The van der Waals surface area contributed by atoms with Crippen LogP contribution in [-0.4, -0.2) is 55.2 Å². The molecule has 0 aromatic rings. The van der Waals surface area contributed by atoms with E-state index in [2.05, 4.69) is 85.6 Å². The van der Waals surface area contributed by atoms with Gasteiger partial charge in [-0.2, -0.15) is 0 Å². The number of hydrogen-bond donors (Lipinski definition) is 1. The molecule has 1 fully saturated rings. The van der Waals surface area contributed by atoms with Crippen molar-refractivity contribution in [3.63, 3.8) is 0 Å². The van der Waals surface area contributed by atoms with Gasteiger partial charge in [0.25, 0.3) is 0 Å². The monoisotopic (exact) mass is 732 g/mol. The molecule has 0 aromatic heterocycles. The Morgan fingerprint density at radius 1 is 0.911 bits per heavy atom. The normalized spacial score (nSPS) is 24.5. The summed E-state index contributed by atoms with van der Waals surface area (Å²) in [5.74, 6) is 4.88. The number of rotatable bonds is 4. The molecule has 1 aliphatic heterocycles. The van der Waals surface area contributed by atoms with E-state index in [1.54, 1.807) is 39.7 Å². The first kappa shape index (κ1) is 55.4. The van der Waals surface area contributed by atoms with Crippen molar-refractivity contribution >= 4 is 20.1 Å². The minimum Gasteiger partial charge on any atom is 0 e. The van der Waals surface area contributed by atoms with Crippen molar-refractivity contribution in [2.24, 2.45) is 11.3 Å². The number of carbonyl (C=O) groups is 2. The van der Waals surface area contributed by atoms with Crippen LogP contribution in [0.15, 0.2) is 12.2 Å². The molecule has 1 N–H and O–H groups in total. The number of allylic oxidation sites excluding steroid dienone is 1. The molecule has 0 aromatic carbocycles. The molecule has 4 radical (unpaired) electrons. The number of carbonyl (C=O) groups excluding carboxylic acids is 2. The Labute approximate surface area is 287 Å². The summed E-state index contributed by atoms with van der Waals surface area (Å²) < 4.78 is 63.0. The summed E-state index contributed by atoms with van der Waals surface area (Å²) in [7, 11) is -2.36. The molecule has 1 saturated heterocycles. The van der Waals surface area contributed by atoms with E-state index in [0.717, 1.165) is 0 Å². The first-order valence-corrected chi connectivity index (χ1v) is 14.9. The van der Waals surface area contributed by atoms with Gasteiger partial charge in [0.1, 0.15) is 18.3 Å². The van der Waals surface area contributed by atoms with Crippen molar-refractivity contribution in [1.29, 1.82) is 0 Å². The van der Waals surface area contributed by atoms with Crippen LogP contribution in [0.2, 0.25) is 18.1 Å². The number of fused-ring (bicyclic) bond motifs is 2. The van der Waals surface area contributed by atoms with Crippen molar-refractivity contribution in [3.8, 4) is 11.8 Å². The second-order valence-electron chi connectivity index (χ2n) is 11.2. The molecule has 1 heterocycles. The van der Waals surface area contributed by atoms with Gasteiger partial charge >= 0.3 is 73.8 Å². The Bertz CT molecular complexity index is 1080. The van der Waals surface area contributed by atoms with Gasteiger partial charge in [-0.15, -0.1) is 0 Å². The molecule has 0 amide bonds. The quantitative estimate of drug-likeness (QED) is 0.115. The molecule has 3 rings (SSSR count). The maximum atomic E-state index is 12.7. The first-order chi connectivity index (χ1) is 20.0. The van der Waals surface area contributed by atoms with Crippen LogP contribution in [0.3, 0.4) is 0 Å². The number of esters is 1. The van der Waals surface area contributed by atoms with Gasteiger partial charge in [0, 0.05) is 40.0 Å². The summed E-state index contributed by atoms with van der Waals surface area (Å²) in [6.45, 7) is 42.8. The van der Waals surface area contributed by atoms with Crippen molar-refractivity contribution in [1.82, 2.24) is 0 Å². The standard InChI is InChI=1S/C24H34O6Si.6CO.2Co/c1-21(2,3)20(27)28-15-24-14-13-23(30-31(7,8)22(4,5)6)12-11-17(26)19(23)16(25)9-10-18(24)29-24;6*1-2;;/h9-12,16,18-19,25H,15H2,1-8H3;;;;;;;;/t16-,18+,19-,23+,24+;;;;;;;;/m0......../s1. The largest absolute Gasteiger partial charge is 0 e. The van der Waals surface area contributed by atoms with Gasteiger partial charge in [-0.3, -0.25) is 9.59 Å². The summed E-state index contributed by atoms with van der Waals surface area (Å²) in [6.07, 6.45) is 4.87. The molecule has 15 heteroatoms. The second kappa shape index (κ2) is 25.1. The molecule has 0 saturated carbocycles. The summed E-state index contributed by atoms with van der Waals surface area (Å²) in [4.78, 5) is 25.0. The zero-order chi connectivity index (χ0) is 35.5. The zero-order valence-electron chi connectivity index (χ0n) is 25.9. The average molecular weight is 733 g/mol. The predicted molar refractivity (Wildman–Crippen MR) is 143 cm³/mol. The average Bonchev–Trinajstić information content (AvgIpc) is 3.59. The molecule has 3 aliphatic rings. The number of epoxide rings is 1. The van der Waals surface area contributed by atoms with Crippen LogP contribution in [0.4, 0.5) is 0 Å².